The van der Waals surface area contributed by atoms with Crippen LogP contribution in [0.4, 0.5) is 13.2 Å². The molecule has 112 valence electrons. The van der Waals surface area contributed by atoms with Crippen molar-refractivity contribution in [2.45, 2.75) is 29.9 Å². The van der Waals surface area contributed by atoms with Crippen LogP contribution in [0.5, 0.6) is 5.75 Å². The van der Waals surface area contributed by atoms with Crippen LogP contribution >= 0.6 is 11.8 Å². The Morgan fingerprint density at radius 3 is 2.45 bits per heavy atom. The number of hydrogen-bond donors (Lipinski definition) is 3. The maximum Gasteiger partial charge on any atom is 0.433 e. The van der Waals surface area contributed by atoms with E-state index in [1.807, 2.05) is 0 Å². The van der Waals surface area contributed by atoms with Gasteiger partial charge in [-0.25, -0.2) is 4.98 Å². The molecule has 0 radical (unpaired) electrons. The van der Waals surface area contributed by atoms with Crippen molar-refractivity contribution in [2.75, 3.05) is 5.75 Å². The normalized spacial score (nSPS) is 31.1. The van der Waals surface area contributed by atoms with Crippen LogP contribution in [0.25, 0.3) is 0 Å². The molecular formula is C11H12F3NO4S. The van der Waals surface area contributed by atoms with Crippen molar-refractivity contribution in [3.8, 4) is 5.75 Å². The van der Waals surface area contributed by atoms with Crippen molar-refractivity contribution >= 4 is 11.8 Å². The van der Waals surface area contributed by atoms with Gasteiger partial charge in [-0.1, -0.05) is 0 Å². The van der Waals surface area contributed by atoms with Crippen molar-refractivity contribution in [2.24, 2.45) is 0 Å². The third-order valence-corrected chi connectivity index (χ3v) is 3.97. The number of rotatable bonds is 2. The van der Waals surface area contributed by atoms with E-state index in [-0.39, 0.29) is 11.5 Å². The molecule has 20 heavy (non-hydrogen) atoms. The third-order valence-electron chi connectivity index (χ3n) is 2.73. The van der Waals surface area contributed by atoms with E-state index in [0.29, 0.717) is 0 Å². The van der Waals surface area contributed by atoms with E-state index < -0.39 is 35.6 Å². The largest absolute Gasteiger partial charge is 0.475 e. The summed E-state index contributed by atoms with van der Waals surface area (Å²) in [6.07, 6.45) is -7.40. The molecular weight excluding hydrogens is 299 g/mol. The highest BCUT2D eigenvalue weighted by molar-refractivity contribution is 7.99. The van der Waals surface area contributed by atoms with Gasteiger partial charge in [0.2, 0.25) is 0 Å². The van der Waals surface area contributed by atoms with Gasteiger partial charge < -0.3 is 20.1 Å². The number of hydrogen-bond acceptors (Lipinski definition) is 6. The van der Waals surface area contributed by atoms with Crippen LogP contribution in [0, 0.1) is 0 Å². The first-order chi connectivity index (χ1) is 9.29. The number of aliphatic hydroxyl groups is 3. The quantitative estimate of drug-likeness (QED) is 0.743. The molecule has 3 N–H and O–H groups in total. The van der Waals surface area contributed by atoms with E-state index >= 15 is 0 Å². The maximum atomic E-state index is 12.3. The molecule has 1 aromatic heterocycles. The van der Waals surface area contributed by atoms with Crippen molar-refractivity contribution in [3.05, 3.63) is 24.0 Å². The summed E-state index contributed by atoms with van der Waals surface area (Å²) in [5.74, 6) is 0.190. The number of pyridine rings is 1. The second kappa shape index (κ2) is 5.76. The Hall–Kier alpha value is -1.03. The number of halogens is 3. The molecule has 0 amide bonds. The minimum absolute atomic E-state index is 0.0399. The van der Waals surface area contributed by atoms with Crippen LogP contribution in [0.1, 0.15) is 5.69 Å². The van der Waals surface area contributed by atoms with Gasteiger partial charge in [-0.3, -0.25) is 0 Å². The summed E-state index contributed by atoms with van der Waals surface area (Å²) in [7, 11) is 0. The van der Waals surface area contributed by atoms with Gasteiger partial charge in [0, 0.05) is 5.75 Å². The SMILES string of the molecule is O[C@@H]1[C@@H](O)[C@H](Oc2ccc(C(F)(F)F)nc2)SC[C@H]1O. The van der Waals surface area contributed by atoms with Crippen LogP contribution in [-0.4, -0.2) is 49.8 Å². The van der Waals surface area contributed by atoms with Gasteiger partial charge in [0.05, 0.1) is 12.3 Å². The first-order valence-corrected chi connectivity index (χ1v) is 6.69. The Balaban J connectivity index is 2.03. The molecule has 9 heteroatoms. The predicted molar refractivity (Wildman–Crippen MR) is 64.1 cm³/mol. The molecule has 0 saturated carbocycles. The second-order valence-electron chi connectivity index (χ2n) is 4.25. The van der Waals surface area contributed by atoms with Crippen LogP contribution in [0.3, 0.4) is 0 Å². The van der Waals surface area contributed by atoms with E-state index in [2.05, 4.69) is 4.98 Å². The molecule has 1 aliphatic rings. The standard InChI is InChI=1S/C11H12F3NO4S/c12-11(13,14)7-2-1-5(3-15-7)19-10-9(18)8(17)6(16)4-20-10/h1-3,6,8-10,16-18H,4H2/t6-,8+,9-,10-/m1/s1. The molecule has 0 aromatic carbocycles. The van der Waals surface area contributed by atoms with Crippen molar-refractivity contribution in [1.82, 2.24) is 4.98 Å². The predicted octanol–water partition coefficient (Wildman–Crippen LogP) is 0.635. The Kier molecular flexibility index (Phi) is 4.43. The van der Waals surface area contributed by atoms with Crippen LogP contribution in [0.15, 0.2) is 18.3 Å². The molecule has 1 aliphatic heterocycles. The molecule has 0 unspecified atom stereocenters. The summed E-state index contributed by atoms with van der Waals surface area (Å²) in [5, 5.41) is 28.5. The van der Waals surface area contributed by atoms with Gasteiger partial charge in [-0.2, -0.15) is 13.2 Å². The molecule has 4 atom stereocenters. The molecule has 2 rings (SSSR count). The summed E-state index contributed by atoms with van der Waals surface area (Å²) >= 11 is 1.06. The Morgan fingerprint density at radius 1 is 1.20 bits per heavy atom. The lowest BCUT2D eigenvalue weighted by molar-refractivity contribution is -0.141. The third kappa shape index (κ3) is 3.35. The molecule has 0 aliphatic carbocycles. The lowest BCUT2D eigenvalue weighted by Gasteiger charge is -2.34. The van der Waals surface area contributed by atoms with Gasteiger partial charge in [-0.15, -0.1) is 11.8 Å². The number of aliphatic hydroxyl groups excluding tert-OH is 3. The first kappa shape index (κ1) is 15.4. The topological polar surface area (TPSA) is 82.8 Å². The molecule has 1 fully saturated rings. The maximum absolute atomic E-state index is 12.3. The Labute approximate surface area is 116 Å². The van der Waals surface area contributed by atoms with E-state index in [1.54, 1.807) is 0 Å². The fourth-order valence-corrected chi connectivity index (χ4v) is 2.76. The second-order valence-corrected chi connectivity index (χ2v) is 5.38. The Bertz CT molecular complexity index is 456. The summed E-state index contributed by atoms with van der Waals surface area (Å²) in [4.78, 5) is 3.22. The van der Waals surface area contributed by atoms with Gasteiger partial charge in [-0.05, 0) is 12.1 Å². The van der Waals surface area contributed by atoms with Crippen molar-refractivity contribution < 1.29 is 33.2 Å². The lowest BCUT2D eigenvalue weighted by atomic mass is 10.1. The molecule has 1 saturated heterocycles. The fraction of sp³-hybridized carbons (Fsp3) is 0.545. The van der Waals surface area contributed by atoms with Gasteiger partial charge in [0.25, 0.3) is 0 Å². The van der Waals surface area contributed by atoms with E-state index in [9.17, 15) is 28.5 Å². The fourth-order valence-electron chi connectivity index (χ4n) is 1.63. The van der Waals surface area contributed by atoms with Crippen LogP contribution < -0.4 is 4.74 Å². The molecule has 0 spiro atoms. The van der Waals surface area contributed by atoms with E-state index in [4.69, 9.17) is 4.74 Å². The summed E-state index contributed by atoms with van der Waals surface area (Å²) in [6.45, 7) is 0. The molecule has 2 heterocycles. The average molecular weight is 311 g/mol. The van der Waals surface area contributed by atoms with E-state index in [0.717, 1.165) is 30.1 Å². The molecule has 5 nitrogen and oxygen atoms in total. The van der Waals surface area contributed by atoms with Gasteiger partial charge in [0.15, 0.2) is 5.44 Å². The smallest absolute Gasteiger partial charge is 0.433 e. The summed E-state index contributed by atoms with van der Waals surface area (Å²) in [6, 6.07) is 1.85. The highest BCUT2D eigenvalue weighted by Gasteiger charge is 2.38. The van der Waals surface area contributed by atoms with E-state index in [1.165, 1.54) is 0 Å². The zero-order chi connectivity index (χ0) is 14.9. The van der Waals surface area contributed by atoms with Crippen molar-refractivity contribution in [3.63, 3.8) is 0 Å². The Morgan fingerprint density at radius 2 is 1.90 bits per heavy atom. The average Bonchev–Trinajstić information content (AvgIpc) is 2.39. The monoisotopic (exact) mass is 311 g/mol. The number of thioether (sulfide) groups is 1. The number of ether oxygens (including phenoxy) is 1. The van der Waals surface area contributed by atoms with Gasteiger partial charge >= 0.3 is 6.18 Å². The minimum atomic E-state index is -4.53. The van der Waals surface area contributed by atoms with Gasteiger partial charge in [0.1, 0.15) is 23.7 Å². The lowest BCUT2D eigenvalue weighted by Crippen LogP contribution is -2.50. The molecule has 0 bridgehead atoms. The van der Waals surface area contributed by atoms with Crippen LogP contribution in [-0.2, 0) is 6.18 Å². The first-order valence-electron chi connectivity index (χ1n) is 5.65. The zero-order valence-electron chi connectivity index (χ0n) is 9.99. The summed E-state index contributed by atoms with van der Waals surface area (Å²) < 4.78 is 42.2. The number of alkyl halides is 3. The zero-order valence-corrected chi connectivity index (χ0v) is 10.8. The van der Waals surface area contributed by atoms with Crippen molar-refractivity contribution in [1.29, 1.82) is 0 Å². The minimum Gasteiger partial charge on any atom is -0.475 e. The van der Waals surface area contributed by atoms with Crippen LogP contribution in [0.2, 0.25) is 0 Å². The number of nitrogens with zero attached hydrogens (tertiary/aromatic N) is 1. The number of aromatic nitrogens is 1. The highest BCUT2D eigenvalue weighted by atomic mass is 32.2. The highest BCUT2D eigenvalue weighted by Crippen LogP contribution is 2.31. The summed E-state index contributed by atoms with van der Waals surface area (Å²) in [5.41, 5.74) is -1.93. The molecule has 1 aromatic rings.